The van der Waals surface area contributed by atoms with Crippen molar-refractivity contribution in [1.29, 1.82) is 0 Å². The number of carbonyl (C=O) groups is 1. The van der Waals surface area contributed by atoms with Gasteiger partial charge in [0.25, 0.3) is 0 Å². The third-order valence-corrected chi connectivity index (χ3v) is 5.29. The van der Waals surface area contributed by atoms with Gasteiger partial charge in [0.2, 0.25) is 5.91 Å². The van der Waals surface area contributed by atoms with Crippen LogP contribution < -0.4 is 16.0 Å². The fraction of sp³-hybridized carbons (Fsp3) is 0.667. The van der Waals surface area contributed by atoms with E-state index in [0.717, 1.165) is 63.2 Å². The number of piperazine rings is 1. The number of nitrogens with two attached hydrogens (primary N) is 1. The summed E-state index contributed by atoms with van der Waals surface area (Å²) in [7, 11) is 2.14. The lowest BCUT2D eigenvalue weighted by Gasteiger charge is -2.33. The third-order valence-electron chi connectivity index (χ3n) is 5.29. The molecule has 1 amide bonds. The molecule has 6 nitrogen and oxygen atoms in total. The van der Waals surface area contributed by atoms with Crippen molar-refractivity contribution < 1.29 is 4.79 Å². The Morgan fingerprint density at radius 1 is 1.25 bits per heavy atom. The zero-order chi connectivity index (χ0) is 17.0. The smallest absolute Gasteiger partial charge is 0.240 e. The monoisotopic (exact) mass is 331 g/mol. The Labute approximate surface area is 144 Å². The van der Waals surface area contributed by atoms with Crippen LogP contribution in [0.1, 0.15) is 37.7 Å². The number of carbonyl (C=O) groups excluding carboxylic acids is 1. The molecule has 6 heteroatoms. The molecule has 1 saturated heterocycles. The van der Waals surface area contributed by atoms with Gasteiger partial charge in [-0.25, -0.2) is 4.98 Å². The van der Waals surface area contributed by atoms with E-state index < -0.39 is 5.54 Å². The number of hydrogen-bond acceptors (Lipinski definition) is 5. The lowest BCUT2D eigenvalue weighted by atomic mass is 9.82. The minimum absolute atomic E-state index is 0.0137. The van der Waals surface area contributed by atoms with Crippen molar-refractivity contribution in [2.45, 2.75) is 44.2 Å². The highest BCUT2D eigenvalue weighted by Gasteiger charge is 2.34. The van der Waals surface area contributed by atoms with Crippen molar-refractivity contribution in [2.24, 2.45) is 5.73 Å². The molecule has 2 heterocycles. The maximum Gasteiger partial charge on any atom is 0.240 e. The number of hydrogen-bond donors (Lipinski definition) is 2. The molecule has 0 spiro atoms. The van der Waals surface area contributed by atoms with E-state index in [1.807, 2.05) is 12.3 Å². The second-order valence-electron chi connectivity index (χ2n) is 7.21. The molecule has 3 rings (SSSR count). The summed E-state index contributed by atoms with van der Waals surface area (Å²) in [5, 5.41) is 3.03. The molecule has 1 aromatic heterocycles. The van der Waals surface area contributed by atoms with Crippen LogP contribution in [0, 0.1) is 0 Å². The lowest BCUT2D eigenvalue weighted by molar-refractivity contribution is -0.127. The number of likely N-dealkylation sites (N-methyl/N-ethyl adjacent to an activating group) is 1. The molecule has 0 atom stereocenters. The van der Waals surface area contributed by atoms with E-state index in [1.54, 1.807) is 0 Å². The Bertz CT molecular complexity index is 562. The van der Waals surface area contributed by atoms with Crippen molar-refractivity contribution in [3.8, 4) is 0 Å². The van der Waals surface area contributed by atoms with E-state index in [-0.39, 0.29) is 5.91 Å². The number of pyridine rings is 1. The van der Waals surface area contributed by atoms with Gasteiger partial charge in [0.15, 0.2) is 0 Å². The summed E-state index contributed by atoms with van der Waals surface area (Å²) >= 11 is 0. The largest absolute Gasteiger partial charge is 0.354 e. The predicted octanol–water partition coefficient (Wildman–Crippen LogP) is 1.11. The van der Waals surface area contributed by atoms with E-state index in [1.165, 1.54) is 6.42 Å². The molecule has 2 fully saturated rings. The van der Waals surface area contributed by atoms with Crippen molar-refractivity contribution in [2.75, 3.05) is 38.1 Å². The fourth-order valence-corrected chi connectivity index (χ4v) is 3.55. The molecule has 132 valence electrons. The third kappa shape index (κ3) is 4.05. The average molecular weight is 331 g/mol. The van der Waals surface area contributed by atoms with Gasteiger partial charge in [-0.15, -0.1) is 0 Å². The van der Waals surface area contributed by atoms with Crippen LogP contribution in [0.3, 0.4) is 0 Å². The predicted molar refractivity (Wildman–Crippen MR) is 95.8 cm³/mol. The Balaban J connectivity index is 1.57. The summed E-state index contributed by atoms with van der Waals surface area (Å²) in [4.78, 5) is 21.6. The highest BCUT2D eigenvalue weighted by atomic mass is 16.2. The molecule has 1 aliphatic heterocycles. The molecular weight excluding hydrogens is 302 g/mol. The molecule has 24 heavy (non-hydrogen) atoms. The van der Waals surface area contributed by atoms with Gasteiger partial charge >= 0.3 is 0 Å². The van der Waals surface area contributed by atoms with Crippen molar-refractivity contribution in [1.82, 2.24) is 15.2 Å². The summed E-state index contributed by atoms with van der Waals surface area (Å²) in [6.45, 7) is 4.61. The molecule has 0 radical (unpaired) electrons. The van der Waals surface area contributed by atoms with Crippen LogP contribution in [0.2, 0.25) is 0 Å². The van der Waals surface area contributed by atoms with Crippen LogP contribution >= 0.6 is 0 Å². The Hall–Kier alpha value is -1.66. The number of amides is 1. The van der Waals surface area contributed by atoms with Crippen molar-refractivity contribution >= 4 is 11.7 Å². The number of aromatic nitrogens is 1. The first-order valence-corrected chi connectivity index (χ1v) is 9.02. The van der Waals surface area contributed by atoms with Gasteiger partial charge in [-0.3, -0.25) is 4.79 Å². The summed E-state index contributed by atoms with van der Waals surface area (Å²) in [5.41, 5.74) is 6.69. The highest BCUT2D eigenvalue weighted by molar-refractivity contribution is 5.86. The molecular formula is C18H29N5O. The van der Waals surface area contributed by atoms with Crippen LogP contribution in [0.5, 0.6) is 0 Å². The second kappa shape index (κ2) is 7.49. The summed E-state index contributed by atoms with van der Waals surface area (Å²) in [6, 6.07) is 4.04. The van der Waals surface area contributed by atoms with Crippen LogP contribution in [0.15, 0.2) is 18.3 Å². The minimum atomic E-state index is -0.675. The maximum absolute atomic E-state index is 12.4. The standard InChI is InChI=1S/C18H29N5O/c1-22-9-11-23(12-10-22)16-13-15(5-8-20-16)14-21-17(24)18(19)6-3-2-4-7-18/h5,8,13H,2-4,6-7,9-12,14,19H2,1H3,(H,21,24). The molecule has 0 unspecified atom stereocenters. The first kappa shape index (κ1) is 17.2. The summed E-state index contributed by atoms with van der Waals surface area (Å²) < 4.78 is 0. The van der Waals surface area contributed by atoms with Crippen LogP contribution in [-0.4, -0.2) is 54.6 Å². The topological polar surface area (TPSA) is 74.5 Å². The Morgan fingerprint density at radius 3 is 2.67 bits per heavy atom. The minimum Gasteiger partial charge on any atom is -0.354 e. The molecule has 1 aromatic rings. The average Bonchev–Trinajstić information content (AvgIpc) is 2.61. The van der Waals surface area contributed by atoms with E-state index in [0.29, 0.717) is 6.54 Å². The van der Waals surface area contributed by atoms with Gasteiger partial charge in [-0.05, 0) is 37.6 Å². The van der Waals surface area contributed by atoms with Gasteiger partial charge < -0.3 is 20.9 Å². The molecule has 0 aromatic carbocycles. The lowest BCUT2D eigenvalue weighted by Crippen LogP contribution is -2.54. The zero-order valence-electron chi connectivity index (χ0n) is 14.6. The fourth-order valence-electron chi connectivity index (χ4n) is 3.55. The number of nitrogens with one attached hydrogen (secondary N) is 1. The van der Waals surface area contributed by atoms with Gasteiger partial charge in [0.1, 0.15) is 5.82 Å². The van der Waals surface area contributed by atoms with Crippen molar-refractivity contribution in [3.63, 3.8) is 0 Å². The molecule has 3 N–H and O–H groups in total. The molecule has 1 saturated carbocycles. The van der Waals surface area contributed by atoms with E-state index in [9.17, 15) is 4.79 Å². The van der Waals surface area contributed by atoms with Crippen molar-refractivity contribution in [3.05, 3.63) is 23.9 Å². The molecule has 1 aliphatic carbocycles. The number of rotatable bonds is 4. The SMILES string of the molecule is CN1CCN(c2cc(CNC(=O)C3(N)CCCCC3)ccn2)CC1. The first-order valence-electron chi connectivity index (χ1n) is 9.02. The first-order chi connectivity index (χ1) is 11.6. The van der Waals surface area contributed by atoms with E-state index in [4.69, 9.17) is 5.73 Å². The maximum atomic E-state index is 12.4. The van der Waals surface area contributed by atoms with Gasteiger partial charge in [0.05, 0.1) is 5.54 Å². The quantitative estimate of drug-likeness (QED) is 0.864. The molecule has 2 aliphatic rings. The van der Waals surface area contributed by atoms with E-state index >= 15 is 0 Å². The van der Waals surface area contributed by atoms with Gasteiger partial charge in [-0.2, -0.15) is 0 Å². The number of anilines is 1. The normalized spacial score (nSPS) is 21.5. The summed E-state index contributed by atoms with van der Waals surface area (Å²) in [6.07, 6.45) is 6.70. The van der Waals surface area contributed by atoms with E-state index in [2.05, 4.69) is 33.2 Å². The number of nitrogens with zero attached hydrogens (tertiary/aromatic N) is 3. The van der Waals surface area contributed by atoms with Crippen LogP contribution in [0.25, 0.3) is 0 Å². The second-order valence-corrected chi connectivity index (χ2v) is 7.21. The summed E-state index contributed by atoms with van der Waals surface area (Å²) in [5.74, 6) is 0.982. The Morgan fingerprint density at radius 2 is 1.96 bits per heavy atom. The Kier molecular flexibility index (Phi) is 5.36. The van der Waals surface area contributed by atoms with Crippen LogP contribution in [0.4, 0.5) is 5.82 Å². The zero-order valence-corrected chi connectivity index (χ0v) is 14.6. The van der Waals surface area contributed by atoms with Crippen LogP contribution in [-0.2, 0) is 11.3 Å². The molecule has 0 bridgehead atoms. The highest BCUT2D eigenvalue weighted by Crippen LogP contribution is 2.26. The van der Waals surface area contributed by atoms with Gasteiger partial charge in [-0.1, -0.05) is 19.3 Å². The van der Waals surface area contributed by atoms with Gasteiger partial charge in [0, 0.05) is 38.9 Å².